The number of aryl methyl sites for hydroxylation is 1. The maximum Gasteiger partial charge on any atom is 0.326 e. The Morgan fingerprint density at radius 1 is 1.29 bits per heavy atom. The second kappa shape index (κ2) is 6.29. The summed E-state index contributed by atoms with van der Waals surface area (Å²) in [7, 11) is 1.65. The van der Waals surface area contributed by atoms with E-state index in [-0.39, 0.29) is 23.7 Å². The zero-order chi connectivity index (χ0) is 17.3. The number of imidazole rings is 1. The van der Waals surface area contributed by atoms with Gasteiger partial charge in [0.2, 0.25) is 0 Å². The van der Waals surface area contributed by atoms with Gasteiger partial charge in [-0.3, -0.25) is 9.36 Å². The van der Waals surface area contributed by atoms with Crippen LogP contribution in [0.25, 0.3) is 11.0 Å². The molecule has 6 nitrogen and oxygen atoms in total. The number of halogens is 1. The first-order chi connectivity index (χ1) is 11.5. The van der Waals surface area contributed by atoms with E-state index < -0.39 is 12.4 Å². The predicted molar refractivity (Wildman–Crippen MR) is 87.0 cm³/mol. The number of hydrogen-bond donors (Lipinski definition) is 3. The Bertz CT molecular complexity index is 975. The van der Waals surface area contributed by atoms with Gasteiger partial charge < -0.3 is 15.4 Å². The minimum atomic E-state index is -0.480. The highest BCUT2D eigenvalue weighted by Gasteiger charge is 2.10. The van der Waals surface area contributed by atoms with E-state index in [1.807, 2.05) is 0 Å². The van der Waals surface area contributed by atoms with Gasteiger partial charge in [-0.25, -0.2) is 9.18 Å². The van der Waals surface area contributed by atoms with Crippen molar-refractivity contribution in [1.82, 2.24) is 14.9 Å². The van der Waals surface area contributed by atoms with E-state index in [2.05, 4.69) is 10.3 Å². The van der Waals surface area contributed by atoms with Gasteiger partial charge in [-0.05, 0) is 35.9 Å². The van der Waals surface area contributed by atoms with E-state index in [9.17, 15) is 14.0 Å². The van der Waals surface area contributed by atoms with Crippen molar-refractivity contribution in [3.63, 3.8) is 0 Å². The minimum Gasteiger partial charge on any atom is -0.392 e. The number of carbonyl (C=O) groups is 1. The highest BCUT2D eigenvalue weighted by molar-refractivity contribution is 5.97. The number of aromatic nitrogens is 2. The number of rotatable bonds is 4. The lowest BCUT2D eigenvalue weighted by Crippen LogP contribution is -2.22. The van der Waals surface area contributed by atoms with Crippen molar-refractivity contribution in [3.8, 4) is 0 Å². The summed E-state index contributed by atoms with van der Waals surface area (Å²) in [6, 6.07) is 9.25. The molecule has 0 spiro atoms. The molecule has 1 heterocycles. The quantitative estimate of drug-likeness (QED) is 0.677. The van der Waals surface area contributed by atoms with Crippen molar-refractivity contribution in [2.45, 2.75) is 13.2 Å². The van der Waals surface area contributed by atoms with Crippen molar-refractivity contribution in [2.75, 3.05) is 0 Å². The van der Waals surface area contributed by atoms with Crippen LogP contribution in [0, 0.1) is 5.82 Å². The largest absolute Gasteiger partial charge is 0.392 e. The fourth-order valence-corrected chi connectivity index (χ4v) is 2.52. The van der Waals surface area contributed by atoms with Crippen LogP contribution in [0.2, 0.25) is 0 Å². The molecule has 0 fully saturated rings. The number of H-pyrrole nitrogens is 1. The summed E-state index contributed by atoms with van der Waals surface area (Å²) in [4.78, 5) is 26.5. The first kappa shape index (κ1) is 15.9. The number of carbonyl (C=O) groups excluding carboxylic acids is 1. The second-order valence-corrected chi connectivity index (χ2v) is 5.49. The Labute approximate surface area is 136 Å². The number of aliphatic hydroxyl groups is 1. The van der Waals surface area contributed by atoms with E-state index in [1.165, 1.54) is 16.7 Å². The van der Waals surface area contributed by atoms with Crippen LogP contribution in [0.5, 0.6) is 0 Å². The molecule has 1 aromatic heterocycles. The van der Waals surface area contributed by atoms with Gasteiger partial charge in [0.05, 0.1) is 17.6 Å². The first-order valence-corrected chi connectivity index (χ1v) is 7.34. The molecule has 0 atom stereocenters. The molecular formula is C17H16FN3O3. The molecule has 0 saturated carbocycles. The standard InChI is InChI=1S/C17H16FN3O3/c1-21-15-5-3-11(7-14(15)20-17(21)24)16(23)19-8-10-2-4-13(18)12(6-10)9-22/h2-7,22H,8-9H2,1H3,(H,19,23)(H,20,24). The second-order valence-electron chi connectivity index (χ2n) is 5.49. The third-order valence-electron chi connectivity index (χ3n) is 3.90. The highest BCUT2D eigenvalue weighted by atomic mass is 19.1. The molecule has 24 heavy (non-hydrogen) atoms. The Morgan fingerprint density at radius 3 is 2.83 bits per heavy atom. The summed E-state index contributed by atoms with van der Waals surface area (Å²) in [5.41, 5.74) is 2.33. The van der Waals surface area contributed by atoms with Gasteiger partial charge in [0.25, 0.3) is 5.91 Å². The molecule has 0 radical (unpaired) electrons. The van der Waals surface area contributed by atoms with Crippen molar-refractivity contribution in [3.05, 3.63) is 69.4 Å². The lowest BCUT2D eigenvalue weighted by molar-refractivity contribution is 0.0951. The summed E-state index contributed by atoms with van der Waals surface area (Å²) < 4.78 is 14.8. The Hall–Kier alpha value is -2.93. The van der Waals surface area contributed by atoms with E-state index in [0.29, 0.717) is 22.2 Å². The molecule has 3 aromatic rings. The van der Waals surface area contributed by atoms with Crippen LogP contribution in [-0.2, 0) is 20.2 Å². The summed E-state index contributed by atoms with van der Waals surface area (Å²) in [5, 5.41) is 11.8. The molecule has 0 unspecified atom stereocenters. The number of hydrogen-bond acceptors (Lipinski definition) is 3. The molecule has 3 N–H and O–H groups in total. The van der Waals surface area contributed by atoms with E-state index in [4.69, 9.17) is 5.11 Å². The number of nitrogens with zero attached hydrogens (tertiary/aromatic N) is 1. The van der Waals surface area contributed by atoms with Gasteiger partial charge in [-0.2, -0.15) is 0 Å². The zero-order valence-electron chi connectivity index (χ0n) is 13.0. The molecule has 7 heteroatoms. The Balaban J connectivity index is 1.76. The van der Waals surface area contributed by atoms with Crippen LogP contribution in [0.4, 0.5) is 4.39 Å². The molecule has 0 aliphatic rings. The maximum atomic E-state index is 13.3. The Kier molecular flexibility index (Phi) is 4.18. The third-order valence-corrected chi connectivity index (χ3v) is 3.90. The minimum absolute atomic E-state index is 0.185. The summed E-state index contributed by atoms with van der Waals surface area (Å²) in [6.07, 6.45) is 0. The molecule has 0 saturated heterocycles. The summed E-state index contributed by atoms with van der Waals surface area (Å²) in [6.45, 7) is -0.193. The predicted octanol–water partition coefficient (Wildman–Crippen LogP) is 1.43. The van der Waals surface area contributed by atoms with Gasteiger partial charge in [0, 0.05) is 24.7 Å². The van der Waals surface area contributed by atoms with Crippen LogP contribution in [0.15, 0.2) is 41.2 Å². The van der Waals surface area contributed by atoms with Crippen LogP contribution < -0.4 is 11.0 Å². The fourth-order valence-electron chi connectivity index (χ4n) is 2.52. The number of amides is 1. The zero-order valence-corrected chi connectivity index (χ0v) is 13.0. The molecular weight excluding hydrogens is 313 g/mol. The molecule has 0 bridgehead atoms. The van der Waals surface area contributed by atoms with Crippen LogP contribution in [0.3, 0.4) is 0 Å². The molecule has 0 aliphatic carbocycles. The first-order valence-electron chi connectivity index (χ1n) is 7.34. The van der Waals surface area contributed by atoms with Gasteiger partial charge in [0.15, 0.2) is 0 Å². The lowest BCUT2D eigenvalue weighted by atomic mass is 10.1. The highest BCUT2D eigenvalue weighted by Crippen LogP contribution is 2.13. The smallest absolute Gasteiger partial charge is 0.326 e. The number of nitrogens with one attached hydrogen (secondary N) is 2. The third kappa shape index (κ3) is 2.93. The Morgan fingerprint density at radius 2 is 2.08 bits per heavy atom. The van der Waals surface area contributed by atoms with Crippen molar-refractivity contribution in [2.24, 2.45) is 7.05 Å². The van der Waals surface area contributed by atoms with Crippen molar-refractivity contribution < 1.29 is 14.3 Å². The number of aromatic amines is 1. The number of aliphatic hydroxyl groups excluding tert-OH is 1. The van der Waals surface area contributed by atoms with E-state index >= 15 is 0 Å². The van der Waals surface area contributed by atoms with Gasteiger partial charge in [-0.1, -0.05) is 6.07 Å². The van der Waals surface area contributed by atoms with Crippen LogP contribution >= 0.6 is 0 Å². The number of benzene rings is 2. The average molecular weight is 329 g/mol. The van der Waals surface area contributed by atoms with Crippen molar-refractivity contribution >= 4 is 16.9 Å². The summed E-state index contributed by atoms with van der Waals surface area (Å²) in [5.74, 6) is -0.789. The van der Waals surface area contributed by atoms with Crippen LogP contribution in [-0.4, -0.2) is 20.6 Å². The summed E-state index contributed by atoms with van der Waals surface area (Å²) >= 11 is 0. The molecule has 0 aliphatic heterocycles. The van der Waals surface area contributed by atoms with Gasteiger partial charge in [0.1, 0.15) is 5.82 Å². The SMILES string of the molecule is Cn1c(=O)[nH]c2cc(C(=O)NCc3ccc(F)c(CO)c3)ccc21. The van der Waals surface area contributed by atoms with Crippen LogP contribution in [0.1, 0.15) is 21.5 Å². The van der Waals surface area contributed by atoms with E-state index in [0.717, 1.165) is 0 Å². The molecule has 1 amide bonds. The molecule has 2 aromatic carbocycles. The monoisotopic (exact) mass is 329 g/mol. The normalized spacial score (nSPS) is 11.0. The molecule has 3 rings (SSSR count). The molecule has 124 valence electrons. The van der Waals surface area contributed by atoms with Crippen molar-refractivity contribution in [1.29, 1.82) is 0 Å². The average Bonchev–Trinajstić information content (AvgIpc) is 2.87. The number of fused-ring (bicyclic) bond motifs is 1. The van der Waals surface area contributed by atoms with Gasteiger partial charge in [-0.15, -0.1) is 0 Å². The lowest BCUT2D eigenvalue weighted by Gasteiger charge is -2.07. The van der Waals surface area contributed by atoms with Gasteiger partial charge >= 0.3 is 5.69 Å². The van der Waals surface area contributed by atoms with E-state index in [1.54, 1.807) is 31.3 Å². The maximum absolute atomic E-state index is 13.3. The topological polar surface area (TPSA) is 87.1 Å². The fraction of sp³-hybridized carbons (Fsp3) is 0.176.